The SMILES string of the molecule is Cc1cccn2c(NC(C)(C)C)c(-c3ccc(C#Cc4ccccc4)s3)nc12. The van der Waals surface area contributed by atoms with Gasteiger partial charge in [0, 0.05) is 17.3 Å². The molecular formula is C24H23N3S. The third-order valence-corrected chi connectivity index (χ3v) is 5.29. The molecule has 0 saturated carbocycles. The van der Waals surface area contributed by atoms with Crippen LogP contribution in [0.2, 0.25) is 0 Å². The van der Waals surface area contributed by atoms with E-state index in [0.717, 1.165) is 38.0 Å². The Morgan fingerprint density at radius 3 is 2.50 bits per heavy atom. The lowest BCUT2D eigenvalue weighted by atomic mass is 10.1. The first-order chi connectivity index (χ1) is 13.4. The second-order valence-corrected chi connectivity index (χ2v) is 8.93. The van der Waals surface area contributed by atoms with E-state index in [4.69, 9.17) is 4.98 Å². The summed E-state index contributed by atoms with van der Waals surface area (Å²) in [7, 11) is 0. The average Bonchev–Trinajstić information content (AvgIpc) is 3.26. The van der Waals surface area contributed by atoms with Crippen molar-refractivity contribution in [2.24, 2.45) is 0 Å². The van der Waals surface area contributed by atoms with Crippen LogP contribution in [-0.2, 0) is 0 Å². The molecule has 0 fully saturated rings. The van der Waals surface area contributed by atoms with E-state index in [2.05, 4.69) is 79.7 Å². The summed E-state index contributed by atoms with van der Waals surface area (Å²) in [6, 6.07) is 18.4. The van der Waals surface area contributed by atoms with E-state index in [1.807, 2.05) is 30.3 Å². The second kappa shape index (κ2) is 7.18. The number of benzene rings is 1. The van der Waals surface area contributed by atoms with Crippen LogP contribution < -0.4 is 5.32 Å². The van der Waals surface area contributed by atoms with Gasteiger partial charge in [-0.25, -0.2) is 4.98 Å². The quantitative estimate of drug-likeness (QED) is 0.430. The fraction of sp³-hybridized carbons (Fsp3) is 0.208. The van der Waals surface area contributed by atoms with Crippen molar-refractivity contribution in [1.82, 2.24) is 9.38 Å². The van der Waals surface area contributed by atoms with Gasteiger partial charge in [-0.15, -0.1) is 11.3 Å². The average molecular weight is 386 g/mol. The van der Waals surface area contributed by atoms with Crippen LogP contribution in [0.4, 0.5) is 5.82 Å². The highest BCUT2D eigenvalue weighted by Gasteiger charge is 2.20. The topological polar surface area (TPSA) is 29.3 Å². The molecule has 3 heterocycles. The third kappa shape index (κ3) is 3.81. The highest BCUT2D eigenvalue weighted by molar-refractivity contribution is 7.16. The number of nitrogens with zero attached hydrogens (tertiary/aromatic N) is 2. The number of aromatic nitrogens is 2. The van der Waals surface area contributed by atoms with Gasteiger partial charge in [-0.05, 0) is 63.6 Å². The molecule has 1 aromatic carbocycles. The molecule has 3 nitrogen and oxygen atoms in total. The van der Waals surface area contributed by atoms with Crippen LogP contribution in [0.25, 0.3) is 16.2 Å². The monoisotopic (exact) mass is 385 g/mol. The number of aryl methyl sites for hydroxylation is 1. The van der Waals surface area contributed by atoms with E-state index in [1.165, 1.54) is 0 Å². The first kappa shape index (κ1) is 18.3. The molecule has 4 heteroatoms. The van der Waals surface area contributed by atoms with Crippen molar-refractivity contribution < 1.29 is 0 Å². The predicted octanol–water partition coefficient (Wildman–Crippen LogP) is 5.98. The molecule has 0 spiro atoms. The number of thiophene rings is 1. The summed E-state index contributed by atoms with van der Waals surface area (Å²) in [5.41, 5.74) is 4.07. The minimum Gasteiger partial charge on any atom is -0.365 e. The number of nitrogens with one attached hydrogen (secondary N) is 1. The summed E-state index contributed by atoms with van der Waals surface area (Å²) in [5.74, 6) is 7.53. The van der Waals surface area contributed by atoms with Crippen molar-refractivity contribution in [1.29, 1.82) is 0 Å². The Hall–Kier alpha value is -3.03. The Balaban J connectivity index is 1.77. The third-order valence-electron chi connectivity index (χ3n) is 4.28. The van der Waals surface area contributed by atoms with Crippen molar-refractivity contribution in [2.75, 3.05) is 5.32 Å². The summed E-state index contributed by atoms with van der Waals surface area (Å²) in [5, 5.41) is 3.64. The van der Waals surface area contributed by atoms with Gasteiger partial charge in [0.2, 0.25) is 0 Å². The maximum Gasteiger partial charge on any atom is 0.142 e. The number of pyridine rings is 1. The number of hydrogen-bond donors (Lipinski definition) is 1. The molecule has 3 aromatic heterocycles. The minimum atomic E-state index is -0.0678. The van der Waals surface area contributed by atoms with E-state index < -0.39 is 0 Å². The fourth-order valence-electron chi connectivity index (χ4n) is 3.04. The van der Waals surface area contributed by atoms with Crippen molar-refractivity contribution >= 4 is 22.8 Å². The molecule has 0 aliphatic carbocycles. The van der Waals surface area contributed by atoms with Gasteiger partial charge in [0.05, 0.1) is 9.75 Å². The molecular weight excluding hydrogens is 362 g/mol. The number of anilines is 1. The second-order valence-electron chi connectivity index (χ2n) is 7.85. The van der Waals surface area contributed by atoms with Gasteiger partial charge >= 0.3 is 0 Å². The molecule has 0 saturated heterocycles. The zero-order valence-corrected chi connectivity index (χ0v) is 17.4. The first-order valence-corrected chi connectivity index (χ1v) is 10.2. The van der Waals surface area contributed by atoms with E-state index in [0.29, 0.717) is 0 Å². The summed E-state index contributed by atoms with van der Waals surface area (Å²) in [6.07, 6.45) is 2.07. The normalized spacial score (nSPS) is 11.3. The lowest BCUT2D eigenvalue weighted by Gasteiger charge is -2.22. The van der Waals surface area contributed by atoms with E-state index in [-0.39, 0.29) is 5.54 Å². The Morgan fingerprint density at radius 2 is 1.75 bits per heavy atom. The summed E-state index contributed by atoms with van der Waals surface area (Å²) < 4.78 is 2.14. The molecule has 4 rings (SSSR count). The van der Waals surface area contributed by atoms with Crippen molar-refractivity contribution in [3.8, 4) is 22.4 Å². The zero-order valence-electron chi connectivity index (χ0n) is 16.6. The molecule has 0 unspecified atom stereocenters. The van der Waals surface area contributed by atoms with Crippen LogP contribution in [-0.4, -0.2) is 14.9 Å². The van der Waals surface area contributed by atoms with Crippen molar-refractivity contribution in [2.45, 2.75) is 33.2 Å². The maximum absolute atomic E-state index is 4.96. The zero-order chi connectivity index (χ0) is 19.7. The molecule has 4 aromatic rings. The molecule has 0 aliphatic rings. The fourth-order valence-corrected chi connectivity index (χ4v) is 3.89. The molecule has 0 amide bonds. The van der Waals surface area contributed by atoms with E-state index in [9.17, 15) is 0 Å². The van der Waals surface area contributed by atoms with Crippen LogP contribution >= 0.6 is 11.3 Å². The van der Waals surface area contributed by atoms with E-state index >= 15 is 0 Å². The summed E-state index contributed by atoms with van der Waals surface area (Å²) in [6.45, 7) is 8.59. The Kier molecular flexibility index (Phi) is 4.70. The number of imidazole rings is 1. The van der Waals surface area contributed by atoms with Gasteiger partial charge in [0.25, 0.3) is 0 Å². The van der Waals surface area contributed by atoms with Gasteiger partial charge < -0.3 is 5.32 Å². The Labute approximate surface area is 170 Å². The number of rotatable bonds is 2. The van der Waals surface area contributed by atoms with Crippen LogP contribution in [0.15, 0.2) is 60.8 Å². The molecule has 140 valence electrons. The van der Waals surface area contributed by atoms with Gasteiger partial charge in [-0.3, -0.25) is 4.40 Å². The Bertz CT molecular complexity index is 1180. The highest BCUT2D eigenvalue weighted by atomic mass is 32.1. The molecule has 28 heavy (non-hydrogen) atoms. The molecule has 0 radical (unpaired) electrons. The van der Waals surface area contributed by atoms with Crippen LogP contribution in [0.5, 0.6) is 0 Å². The molecule has 0 bridgehead atoms. The van der Waals surface area contributed by atoms with Gasteiger partial charge in [-0.2, -0.15) is 0 Å². The van der Waals surface area contributed by atoms with Crippen molar-refractivity contribution in [3.63, 3.8) is 0 Å². The Morgan fingerprint density at radius 1 is 0.964 bits per heavy atom. The van der Waals surface area contributed by atoms with Crippen molar-refractivity contribution in [3.05, 3.63) is 76.8 Å². The van der Waals surface area contributed by atoms with Gasteiger partial charge in [0.1, 0.15) is 17.2 Å². The maximum atomic E-state index is 4.96. The molecule has 0 atom stereocenters. The highest BCUT2D eigenvalue weighted by Crippen LogP contribution is 2.35. The van der Waals surface area contributed by atoms with Gasteiger partial charge in [0.15, 0.2) is 0 Å². The number of hydrogen-bond acceptors (Lipinski definition) is 3. The lowest BCUT2D eigenvalue weighted by molar-refractivity contribution is 0.629. The molecule has 0 aliphatic heterocycles. The lowest BCUT2D eigenvalue weighted by Crippen LogP contribution is -2.27. The predicted molar refractivity (Wildman–Crippen MR) is 119 cm³/mol. The van der Waals surface area contributed by atoms with Crippen LogP contribution in [0.3, 0.4) is 0 Å². The first-order valence-electron chi connectivity index (χ1n) is 9.34. The van der Waals surface area contributed by atoms with E-state index in [1.54, 1.807) is 11.3 Å². The summed E-state index contributed by atoms with van der Waals surface area (Å²) in [4.78, 5) is 7.12. The van der Waals surface area contributed by atoms with Crippen LogP contribution in [0, 0.1) is 18.8 Å². The molecule has 1 N–H and O–H groups in total. The minimum absolute atomic E-state index is 0.0678. The van der Waals surface area contributed by atoms with Crippen LogP contribution in [0.1, 0.15) is 36.8 Å². The standard InChI is InChI=1S/C24H23N3S/c1-17-9-8-16-27-22(17)25-21(23(27)26-24(2,3)4)20-15-14-19(28-20)13-12-18-10-6-5-7-11-18/h5-11,14-16,26H,1-4H3. The van der Waals surface area contributed by atoms with Gasteiger partial charge in [-0.1, -0.05) is 36.1 Å². The smallest absolute Gasteiger partial charge is 0.142 e. The summed E-state index contributed by atoms with van der Waals surface area (Å²) >= 11 is 1.68. The number of fused-ring (bicyclic) bond motifs is 1. The largest absolute Gasteiger partial charge is 0.365 e.